The predicted octanol–water partition coefficient (Wildman–Crippen LogP) is 3.35. The van der Waals surface area contributed by atoms with Crippen molar-refractivity contribution in [2.75, 3.05) is 0 Å². The van der Waals surface area contributed by atoms with Crippen LogP contribution in [0, 0.1) is 17.8 Å². The average molecular weight is 295 g/mol. The number of carbonyl (C=O) groups is 2. The maximum atomic E-state index is 12.5. The summed E-state index contributed by atoms with van der Waals surface area (Å²) in [4.78, 5) is 23.9. The minimum absolute atomic E-state index is 0.0138. The minimum atomic E-state index is -1.12. The van der Waals surface area contributed by atoms with Crippen LogP contribution in [0.25, 0.3) is 0 Å². The topological polar surface area (TPSA) is 66.4 Å². The quantitative estimate of drug-likeness (QED) is 0.817. The van der Waals surface area contributed by atoms with Crippen molar-refractivity contribution >= 4 is 11.9 Å². The van der Waals surface area contributed by atoms with Crippen molar-refractivity contribution in [2.24, 2.45) is 17.8 Å². The Morgan fingerprint density at radius 2 is 1.81 bits per heavy atom. The molecule has 0 spiro atoms. The molecule has 0 aromatic rings. The molecule has 0 radical (unpaired) electrons. The van der Waals surface area contributed by atoms with E-state index >= 15 is 0 Å². The van der Waals surface area contributed by atoms with Gasteiger partial charge in [-0.25, -0.2) is 4.79 Å². The number of fused-ring (bicyclic) bond motifs is 1. The van der Waals surface area contributed by atoms with Gasteiger partial charge in [0, 0.05) is 5.92 Å². The van der Waals surface area contributed by atoms with Gasteiger partial charge in [0.05, 0.1) is 0 Å². The highest BCUT2D eigenvalue weighted by Crippen LogP contribution is 2.42. The summed E-state index contributed by atoms with van der Waals surface area (Å²) in [5.41, 5.74) is -1.12. The lowest BCUT2D eigenvalue weighted by molar-refractivity contribution is -0.148. The van der Waals surface area contributed by atoms with Gasteiger partial charge in [0.15, 0.2) is 0 Å². The summed E-state index contributed by atoms with van der Waals surface area (Å²) in [7, 11) is 0. The van der Waals surface area contributed by atoms with Gasteiger partial charge in [0.2, 0.25) is 5.91 Å². The summed E-state index contributed by atoms with van der Waals surface area (Å²) < 4.78 is 0. The number of rotatable bonds is 5. The molecule has 21 heavy (non-hydrogen) atoms. The van der Waals surface area contributed by atoms with E-state index < -0.39 is 11.5 Å². The second-order valence-corrected chi connectivity index (χ2v) is 7.19. The highest BCUT2D eigenvalue weighted by Gasteiger charge is 2.39. The third-order valence-corrected chi connectivity index (χ3v) is 5.53. The van der Waals surface area contributed by atoms with Crippen LogP contribution >= 0.6 is 0 Å². The van der Waals surface area contributed by atoms with E-state index in [0.29, 0.717) is 12.3 Å². The van der Waals surface area contributed by atoms with Gasteiger partial charge in [-0.1, -0.05) is 39.0 Å². The van der Waals surface area contributed by atoms with Crippen LogP contribution in [0.2, 0.25) is 0 Å². The SMILES string of the molecule is CCCC(C)(NC(=O)C1CCC2CCCCC2C1)C(=O)O. The summed E-state index contributed by atoms with van der Waals surface area (Å²) in [5, 5.41) is 12.2. The molecule has 2 aliphatic carbocycles. The van der Waals surface area contributed by atoms with Gasteiger partial charge in [0.25, 0.3) is 0 Å². The summed E-state index contributed by atoms with van der Waals surface area (Å²) in [6, 6.07) is 0. The molecular weight excluding hydrogens is 266 g/mol. The molecule has 0 heterocycles. The van der Waals surface area contributed by atoms with Gasteiger partial charge in [-0.3, -0.25) is 4.79 Å². The Bertz CT molecular complexity index is 395. The zero-order valence-corrected chi connectivity index (χ0v) is 13.4. The van der Waals surface area contributed by atoms with Crippen molar-refractivity contribution in [3.8, 4) is 0 Å². The molecule has 0 aliphatic heterocycles. The number of carboxylic acid groups (broad SMARTS) is 1. The van der Waals surface area contributed by atoms with E-state index in [2.05, 4.69) is 5.32 Å². The summed E-state index contributed by atoms with van der Waals surface area (Å²) in [5.74, 6) is 0.538. The minimum Gasteiger partial charge on any atom is -0.480 e. The lowest BCUT2D eigenvalue weighted by Gasteiger charge is -2.39. The van der Waals surface area contributed by atoms with Crippen LogP contribution in [0.1, 0.15) is 71.6 Å². The average Bonchev–Trinajstić information content (AvgIpc) is 2.46. The maximum Gasteiger partial charge on any atom is 0.329 e. The fourth-order valence-electron chi connectivity index (χ4n) is 4.21. The Morgan fingerprint density at radius 1 is 1.14 bits per heavy atom. The first-order valence-corrected chi connectivity index (χ1v) is 8.51. The van der Waals surface area contributed by atoms with Gasteiger partial charge in [0.1, 0.15) is 5.54 Å². The largest absolute Gasteiger partial charge is 0.480 e. The van der Waals surface area contributed by atoms with Crippen LogP contribution < -0.4 is 5.32 Å². The molecule has 2 saturated carbocycles. The fourth-order valence-corrected chi connectivity index (χ4v) is 4.21. The van der Waals surface area contributed by atoms with Crippen molar-refractivity contribution in [1.82, 2.24) is 5.32 Å². The molecule has 120 valence electrons. The van der Waals surface area contributed by atoms with E-state index in [0.717, 1.165) is 31.6 Å². The van der Waals surface area contributed by atoms with E-state index in [9.17, 15) is 14.7 Å². The van der Waals surface area contributed by atoms with Crippen LogP contribution in [0.5, 0.6) is 0 Å². The lowest BCUT2D eigenvalue weighted by atomic mass is 9.67. The summed E-state index contributed by atoms with van der Waals surface area (Å²) in [6.07, 6.45) is 9.45. The van der Waals surface area contributed by atoms with E-state index in [1.807, 2.05) is 6.92 Å². The number of carboxylic acids is 1. The van der Waals surface area contributed by atoms with Crippen molar-refractivity contribution in [1.29, 1.82) is 0 Å². The van der Waals surface area contributed by atoms with Crippen molar-refractivity contribution in [3.05, 3.63) is 0 Å². The zero-order chi connectivity index (χ0) is 15.5. The first-order chi connectivity index (χ1) is 9.96. The number of nitrogens with one attached hydrogen (secondary N) is 1. The fraction of sp³-hybridized carbons (Fsp3) is 0.882. The molecule has 0 bridgehead atoms. The Balaban J connectivity index is 1.95. The van der Waals surface area contributed by atoms with Gasteiger partial charge in [-0.05, 0) is 44.4 Å². The highest BCUT2D eigenvalue weighted by molar-refractivity contribution is 5.87. The van der Waals surface area contributed by atoms with Gasteiger partial charge in [-0.15, -0.1) is 0 Å². The van der Waals surface area contributed by atoms with Crippen LogP contribution in [0.15, 0.2) is 0 Å². The van der Waals surface area contributed by atoms with Crippen LogP contribution in [-0.4, -0.2) is 22.5 Å². The molecule has 2 rings (SSSR count). The first kappa shape index (κ1) is 16.3. The second-order valence-electron chi connectivity index (χ2n) is 7.19. The number of hydrogen-bond donors (Lipinski definition) is 2. The van der Waals surface area contributed by atoms with Crippen LogP contribution in [-0.2, 0) is 9.59 Å². The third kappa shape index (κ3) is 3.78. The Labute approximate surface area is 127 Å². The summed E-state index contributed by atoms with van der Waals surface area (Å²) >= 11 is 0. The Morgan fingerprint density at radius 3 is 2.43 bits per heavy atom. The number of aliphatic carboxylic acids is 1. The molecule has 0 aromatic carbocycles. The smallest absolute Gasteiger partial charge is 0.329 e. The van der Waals surface area contributed by atoms with Gasteiger partial charge in [-0.2, -0.15) is 0 Å². The third-order valence-electron chi connectivity index (χ3n) is 5.53. The normalized spacial score (nSPS) is 31.8. The first-order valence-electron chi connectivity index (χ1n) is 8.51. The molecule has 4 nitrogen and oxygen atoms in total. The second kappa shape index (κ2) is 6.80. The molecule has 4 heteroatoms. The summed E-state index contributed by atoms with van der Waals surface area (Å²) in [6.45, 7) is 3.57. The van der Waals surface area contributed by atoms with Crippen LogP contribution in [0.3, 0.4) is 0 Å². The standard InChI is InChI=1S/C17H29NO3/c1-3-10-17(2,16(20)21)18-15(19)14-9-8-12-6-4-5-7-13(12)11-14/h12-14H,3-11H2,1-2H3,(H,18,19)(H,20,21). The monoisotopic (exact) mass is 295 g/mol. The Kier molecular flexibility index (Phi) is 5.28. The maximum absolute atomic E-state index is 12.5. The molecule has 0 aromatic heterocycles. The highest BCUT2D eigenvalue weighted by atomic mass is 16.4. The van der Waals surface area contributed by atoms with Gasteiger partial charge >= 0.3 is 5.97 Å². The number of amides is 1. The van der Waals surface area contributed by atoms with Crippen molar-refractivity contribution in [2.45, 2.75) is 77.2 Å². The molecular formula is C17H29NO3. The number of hydrogen-bond acceptors (Lipinski definition) is 2. The van der Waals surface area contributed by atoms with E-state index in [1.165, 1.54) is 25.7 Å². The molecule has 4 unspecified atom stereocenters. The molecule has 2 N–H and O–H groups in total. The predicted molar refractivity (Wildman–Crippen MR) is 81.9 cm³/mol. The number of carbonyl (C=O) groups excluding carboxylic acids is 1. The van der Waals surface area contributed by atoms with E-state index in [1.54, 1.807) is 6.92 Å². The molecule has 4 atom stereocenters. The van der Waals surface area contributed by atoms with E-state index in [-0.39, 0.29) is 11.8 Å². The van der Waals surface area contributed by atoms with Crippen LogP contribution in [0.4, 0.5) is 0 Å². The van der Waals surface area contributed by atoms with Gasteiger partial charge < -0.3 is 10.4 Å². The van der Waals surface area contributed by atoms with Crippen molar-refractivity contribution in [3.63, 3.8) is 0 Å². The lowest BCUT2D eigenvalue weighted by Crippen LogP contribution is -2.54. The molecule has 1 amide bonds. The zero-order valence-electron chi connectivity index (χ0n) is 13.4. The molecule has 0 saturated heterocycles. The Hall–Kier alpha value is -1.06. The molecule has 2 fully saturated rings. The van der Waals surface area contributed by atoms with Crippen molar-refractivity contribution < 1.29 is 14.7 Å². The molecule has 2 aliphatic rings. The van der Waals surface area contributed by atoms with E-state index in [4.69, 9.17) is 0 Å².